The summed E-state index contributed by atoms with van der Waals surface area (Å²) in [6.45, 7) is 4.23. The molecule has 206 valence electrons. The minimum Gasteiger partial charge on any atom is -0.337 e. The minimum atomic E-state index is 1.03. The number of imidazole rings is 2. The second-order valence-electron chi connectivity index (χ2n) is 10.4. The van der Waals surface area contributed by atoms with E-state index in [0.29, 0.717) is 0 Å². The number of aromatic nitrogens is 5. The maximum atomic E-state index is 4.69. The van der Waals surface area contributed by atoms with Crippen molar-refractivity contribution in [2.75, 3.05) is 12.1 Å². The van der Waals surface area contributed by atoms with Crippen LogP contribution in [0.3, 0.4) is 0 Å². The zero-order valence-corrected chi connectivity index (χ0v) is 23.6. The Morgan fingerprint density at radius 3 is 2.40 bits per heavy atom. The molecule has 7 nitrogen and oxygen atoms in total. The highest BCUT2D eigenvalue weighted by Crippen LogP contribution is 2.16. The van der Waals surface area contributed by atoms with Crippen molar-refractivity contribution in [3.63, 3.8) is 0 Å². The molecule has 0 unspecified atom stereocenters. The summed E-state index contributed by atoms with van der Waals surface area (Å²) in [6, 6.07) is 21.0. The third kappa shape index (κ3) is 7.65. The van der Waals surface area contributed by atoms with Gasteiger partial charge in [-0.3, -0.25) is 5.01 Å². The average molecular weight is 536 g/mol. The van der Waals surface area contributed by atoms with Gasteiger partial charge in [0, 0.05) is 50.1 Å². The number of benzene rings is 2. The Hall–Kier alpha value is -4.26. The number of hydrazone groups is 1. The topological polar surface area (TPSA) is 46.1 Å². The van der Waals surface area contributed by atoms with Gasteiger partial charge in [-0.2, -0.15) is 9.67 Å². The molecule has 0 saturated carbocycles. The monoisotopic (exact) mass is 535 g/mol. The zero-order valence-electron chi connectivity index (χ0n) is 23.6. The van der Waals surface area contributed by atoms with Crippen molar-refractivity contribution in [1.29, 1.82) is 0 Å². The van der Waals surface area contributed by atoms with Gasteiger partial charge >= 0.3 is 0 Å². The van der Waals surface area contributed by atoms with Crippen LogP contribution in [0.2, 0.25) is 0 Å². The Kier molecular flexibility index (Phi) is 9.71. The van der Waals surface area contributed by atoms with E-state index in [4.69, 9.17) is 0 Å². The molecule has 0 amide bonds. The Bertz CT molecular complexity index is 1470. The van der Waals surface area contributed by atoms with Crippen LogP contribution in [0, 0.1) is 0 Å². The maximum Gasteiger partial charge on any atom is 0.243 e. The van der Waals surface area contributed by atoms with E-state index in [9.17, 15) is 0 Å². The van der Waals surface area contributed by atoms with Crippen LogP contribution in [-0.2, 0) is 26.2 Å². The second kappa shape index (κ2) is 14.2. The van der Waals surface area contributed by atoms with E-state index < -0.39 is 0 Å². The van der Waals surface area contributed by atoms with Gasteiger partial charge < -0.3 is 4.57 Å². The summed E-state index contributed by atoms with van der Waals surface area (Å²) >= 11 is 0. The van der Waals surface area contributed by atoms with E-state index in [-0.39, 0.29) is 0 Å². The number of fused-ring (bicyclic) bond motifs is 1. The largest absolute Gasteiger partial charge is 0.337 e. The van der Waals surface area contributed by atoms with Crippen LogP contribution >= 0.6 is 0 Å². The second-order valence-corrected chi connectivity index (χ2v) is 10.4. The number of nitrogens with zero attached hydrogens (tertiary/aromatic N) is 7. The van der Waals surface area contributed by atoms with E-state index in [2.05, 4.69) is 95.7 Å². The van der Waals surface area contributed by atoms with Gasteiger partial charge in [-0.1, -0.05) is 30.3 Å². The summed E-state index contributed by atoms with van der Waals surface area (Å²) in [7, 11) is 1.98. The lowest BCUT2D eigenvalue weighted by atomic mass is 10.1. The van der Waals surface area contributed by atoms with Gasteiger partial charge in [0.15, 0.2) is 6.20 Å². The highest BCUT2D eigenvalue weighted by Gasteiger charge is 2.11. The van der Waals surface area contributed by atoms with Crippen LogP contribution in [0.5, 0.6) is 0 Å². The molecule has 7 heteroatoms. The summed E-state index contributed by atoms with van der Waals surface area (Å²) < 4.78 is 9.17. The summed E-state index contributed by atoms with van der Waals surface area (Å²) in [5.74, 6) is 0. The molecule has 0 aliphatic carbocycles. The molecule has 3 heterocycles. The fraction of sp³-hybridized carbons (Fsp3) is 0.333. The summed E-state index contributed by atoms with van der Waals surface area (Å²) in [4.78, 5) is 4.11. The highest BCUT2D eigenvalue weighted by molar-refractivity contribution is 5.97. The maximum absolute atomic E-state index is 4.69. The zero-order chi connectivity index (χ0) is 27.4. The SMILES string of the molecule is CN(/N=C/c1cc[n+](CCCCCC[n+]2ccn(CCCCn3ccnc3)c2)c2ccccc12)c1ccccc1. The number of anilines is 1. The van der Waals surface area contributed by atoms with Gasteiger partial charge in [0.1, 0.15) is 18.9 Å². The normalized spacial score (nSPS) is 11.5. The first-order valence-corrected chi connectivity index (χ1v) is 14.5. The fourth-order valence-electron chi connectivity index (χ4n) is 5.12. The molecule has 0 aliphatic rings. The molecule has 0 saturated heterocycles. The Labute approximate surface area is 237 Å². The molecular weight excluding hydrogens is 494 g/mol. The molecule has 0 atom stereocenters. The van der Waals surface area contributed by atoms with Gasteiger partial charge in [-0.05, 0) is 50.3 Å². The fourth-order valence-corrected chi connectivity index (χ4v) is 5.12. The number of aryl methyl sites for hydroxylation is 4. The van der Waals surface area contributed by atoms with Crippen LogP contribution < -0.4 is 14.1 Å². The van der Waals surface area contributed by atoms with E-state index in [0.717, 1.165) is 37.4 Å². The van der Waals surface area contributed by atoms with Crippen LogP contribution in [-0.4, -0.2) is 27.4 Å². The third-order valence-corrected chi connectivity index (χ3v) is 7.41. The van der Waals surface area contributed by atoms with Crippen molar-refractivity contribution in [3.8, 4) is 0 Å². The first-order chi connectivity index (χ1) is 19.8. The van der Waals surface area contributed by atoms with Gasteiger partial charge in [0.05, 0.1) is 36.7 Å². The van der Waals surface area contributed by atoms with Gasteiger partial charge in [0.25, 0.3) is 0 Å². The predicted octanol–water partition coefficient (Wildman–Crippen LogP) is 5.62. The van der Waals surface area contributed by atoms with E-state index in [1.54, 1.807) is 0 Å². The van der Waals surface area contributed by atoms with Crippen molar-refractivity contribution in [2.24, 2.45) is 5.10 Å². The van der Waals surface area contributed by atoms with Crippen molar-refractivity contribution in [1.82, 2.24) is 14.1 Å². The summed E-state index contributed by atoms with van der Waals surface area (Å²) in [5.41, 5.74) is 3.47. The molecule has 0 fully saturated rings. The van der Waals surface area contributed by atoms with Gasteiger partial charge in [0.2, 0.25) is 11.8 Å². The number of pyridine rings is 1. The predicted molar refractivity (Wildman–Crippen MR) is 161 cm³/mol. The first-order valence-electron chi connectivity index (χ1n) is 14.5. The number of para-hydroxylation sites is 2. The Morgan fingerprint density at radius 2 is 1.57 bits per heavy atom. The molecule has 0 spiro atoms. The van der Waals surface area contributed by atoms with E-state index in [1.807, 2.05) is 55.2 Å². The summed E-state index contributed by atoms with van der Waals surface area (Å²) in [6.07, 6.45) is 23.8. The van der Waals surface area contributed by atoms with Gasteiger partial charge in [-0.15, -0.1) is 0 Å². The average Bonchev–Trinajstić information content (AvgIpc) is 3.69. The van der Waals surface area contributed by atoms with E-state index in [1.165, 1.54) is 49.4 Å². The molecule has 0 aliphatic heterocycles. The number of hydrogen-bond donors (Lipinski definition) is 0. The van der Waals surface area contributed by atoms with Crippen molar-refractivity contribution < 1.29 is 9.13 Å². The molecule has 0 bridgehead atoms. The van der Waals surface area contributed by atoms with E-state index >= 15 is 0 Å². The Morgan fingerprint density at radius 1 is 0.800 bits per heavy atom. The molecule has 0 N–H and O–H groups in total. The minimum absolute atomic E-state index is 1.03. The highest BCUT2D eigenvalue weighted by atomic mass is 15.4. The van der Waals surface area contributed by atoms with Crippen molar-refractivity contribution >= 4 is 22.8 Å². The quantitative estimate of drug-likeness (QED) is 0.0756. The molecular formula is C33H41N7+2. The van der Waals surface area contributed by atoms with Crippen LogP contribution in [0.4, 0.5) is 5.69 Å². The standard InChI is InChI=1S/C33H41N7/c1-36(31-13-5-4-6-14-31)35-27-30-17-23-40(33-16-8-7-15-32(30)33)22-10-3-2-9-20-38-25-26-39(29-38)21-12-11-19-37-24-18-34-28-37/h4-8,13-18,23-29H,2-3,9-12,19-22H2,1H3/q+2. The van der Waals surface area contributed by atoms with Crippen LogP contribution in [0.15, 0.2) is 109 Å². The van der Waals surface area contributed by atoms with Crippen LogP contribution in [0.1, 0.15) is 44.1 Å². The smallest absolute Gasteiger partial charge is 0.243 e. The third-order valence-electron chi connectivity index (χ3n) is 7.41. The molecule has 2 aromatic carbocycles. The van der Waals surface area contributed by atoms with Crippen LogP contribution in [0.25, 0.3) is 10.9 Å². The lowest BCUT2D eigenvalue weighted by Gasteiger charge is -2.12. The van der Waals surface area contributed by atoms with Gasteiger partial charge in [-0.25, -0.2) is 14.1 Å². The molecule has 40 heavy (non-hydrogen) atoms. The molecule has 5 rings (SSSR count). The molecule has 0 radical (unpaired) electrons. The lowest BCUT2D eigenvalue weighted by Crippen LogP contribution is -2.34. The number of rotatable bonds is 15. The number of unbranched alkanes of at least 4 members (excludes halogenated alkanes) is 4. The first kappa shape index (κ1) is 27.3. The molecule has 5 aromatic rings. The summed E-state index contributed by atoms with van der Waals surface area (Å²) in [5, 5.41) is 7.83. The molecule has 3 aromatic heterocycles. The number of hydrogen-bond acceptors (Lipinski definition) is 3. The Balaban J connectivity index is 1.04. The lowest BCUT2D eigenvalue weighted by molar-refractivity contribution is -0.697. The van der Waals surface area contributed by atoms with Crippen molar-refractivity contribution in [2.45, 2.75) is 64.7 Å². The van der Waals surface area contributed by atoms with Crippen molar-refractivity contribution in [3.05, 3.63) is 110 Å².